The fourth-order valence-electron chi connectivity index (χ4n) is 2.62. The Morgan fingerprint density at radius 1 is 1.20 bits per heavy atom. The number of nitrogen functional groups attached to an aromatic ring is 1. The van der Waals surface area contributed by atoms with Gasteiger partial charge in [-0.25, -0.2) is 14.6 Å². The van der Waals surface area contributed by atoms with Crippen LogP contribution in [0.1, 0.15) is 6.92 Å². The molecule has 0 aliphatic carbocycles. The van der Waals surface area contributed by atoms with Gasteiger partial charge in [-0.3, -0.25) is 0 Å². The highest BCUT2D eigenvalue weighted by molar-refractivity contribution is 5.85. The zero-order valence-electron chi connectivity index (χ0n) is 13.4. The van der Waals surface area contributed by atoms with Crippen molar-refractivity contribution >= 4 is 40.8 Å². The number of nitrogens with two attached hydrogens (primary N) is 1. The predicted molar refractivity (Wildman–Crippen MR) is 97.9 cm³/mol. The summed E-state index contributed by atoms with van der Waals surface area (Å²) in [5.41, 5.74) is 8.90. The Kier molecular flexibility index (Phi) is 4.53. The van der Waals surface area contributed by atoms with Gasteiger partial charge >= 0.3 is 0 Å². The van der Waals surface area contributed by atoms with Gasteiger partial charge in [-0.05, 0) is 29.4 Å². The van der Waals surface area contributed by atoms with Crippen LogP contribution in [0, 0.1) is 0 Å². The number of fused-ring (bicyclic) bond motifs is 1. The summed E-state index contributed by atoms with van der Waals surface area (Å²) in [5, 5.41) is 10.8. The van der Waals surface area contributed by atoms with E-state index in [1.54, 1.807) is 6.20 Å². The zero-order chi connectivity index (χ0) is 16.5. The number of aromatic nitrogens is 5. The second kappa shape index (κ2) is 6.78. The molecular weight excluding hydrogens is 342 g/mol. The van der Waals surface area contributed by atoms with Crippen molar-refractivity contribution in [2.45, 2.75) is 13.5 Å². The fourth-order valence-corrected chi connectivity index (χ4v) is 2.62. The molecule has 3 heterocycles. The maximum absolute atomic E-state index is 5.80. The number of anilines is 3. The summed E-state index contributed by atoms with van der Waals surface area (Å²) in [5.74, 6) is 1.57. The van der Waals surface area contributed by atoms with Crippen molar-refractivity contribution in [3.05, 3.63) is 42.6 Å². The highest BCUT2D eigenvalue weighted by Crippen LogP contribution is 2.27. The summed E-state index contributed by atoms with van der Waals surface area (Å²) in [6.45, 7) is 2.73. The maximum Gasteiger partial charge on any atom is 0.199 e. The van der Waals surface area contributed by atoms with Gasteiger partial charge in [0, 0.05) is 18.3 Å². The molecule has 0 aliphatic rings. The second-order valence-corrected chi connectivity index (χ2v) is 5.23. The summed E-state index contributed by atoms with van der Waals surface area (Å²) in [6.07, 6.45) is 1.72. The van der Waals surface area contributed by atoms with Gasteiger partial charge in [0.25, 0.3) is 0 Å². The van der Waals surface area contributed by atoms with Gasteiger partial charge in [-0.1, -0.05) is 18.2 Å². The van der Waals surface area contributed by atoms with Gasteiger partial charge in [-0.15, -0.1) is 12.4 Å². The van der Waals surface area contributed by atoms with E-state index in [9.17, 15) is 0 Å². The van der Waals surface area contributed by atoms with Crippen LogP contribution in [0.5, 0.6) is 0 Å². The molecule has 0 unspecified atom stereocenters. The van der Waals surface area contributed by atoms with Crippen LogP contribution in [0.15, 0.2) is 47.2 Å². The van der Waals surface area contributed by atoms with E-state index in [0.29, 0.717) is 18.1 Å². The van der Waals surface area contributed by atoms with Gasteiger partial charge in [0.2, 0.25) is 0 Å². The number of nitrogens with one attached hydrogen (secondary N) is 1. The molecule has 8 nitrogen and oxygen atoms in total. The normalized spacial score (nSPS) is 10.6. The highest BCUT2D eigenvalue weighted by atomic mass is 35.5. The molecule has 0 amide bonds. The lowest BCUT2D eigenvalue weighted by Crippen LogP contribution is -2.00. The molecule has 0 atom stereocenters. The average molecular weight is 358 g/mol. The Balaban J connectivity index is 0.00000182. The number of halogens is 1. The Labute approximate surface area is 149 Å². The van der Waals surface area contributed by atoms with Crippen LogP contribution in [0.2, 0.25) is 0 Å². The molecule has 4 aromatic rings. The quantitative estimate of drug-likeness (QED) is 0.577. The topological polar surface area (TPSA) is 108 Å². The van der Waals surface area contributed by atoms with E-state index in [1.165, 1.54) is 0 Å². The number of pyridine rings is 1. The first-order valence-corrected chi connectivity index (χ1v) is 7.53. The molecule has 3 aromatic heterocycles. The molecule has 0 saturated heterocycles. The van der Waals surface area contributed by atoms with E-state index in [1.807, 2.05) is 47.9 Å². The smallest absolute Gasteiger partial charge is 0.199 e. The summed E-state index contributed by atoms with van der Waals surface area (Å²) in [6, 6.07) is 11.8. The van der Waals surface area contributed by atoms with Crippen LogP contribution in [0.4, 0.5) is 17.3 Å². The van der Waals surface area contributed by atoms with Crippen molar-refractivity contribution < 1.29 is 4.63 Å². The van der Waals surface area contributed by atoms with Crippen LogP contribution in [-0.4, -0.2) is 24.8 Å². The number of aryl methyl sites for hydroxylation is 1. The SMILES string of the molecule is CCn1c(-c2nonc2N)nc2cnc(Nc3ccccc3)cc21.Cl. The number of imidazole rings is 1. The van der Waals surface area contributed by atoms with Crippen LogP contribution < -0.4 is 11.1 Å². The second-order valence-electron chi connectivity index (χ2n) is 5.23. The minimum absolute atomic E-state index is 0. The van der Waals surface area contributed by atoms with Crippen molar-refractivity contribution in [3.8, 4) is 11.5 Å². The monoisotopic (exact) mass is 357 g/mol. The lowest BCUT2D eigenvalue weighted by Gasteiger charge is -2.07. The van der Waals surface area contributed by atoms with Crippen LogP contribution in [0.3, 0.4) is 0 Å². The number of para-hydroxylation sites is 1. The van der Waals surface area contributed by atoms with Crippen LogP contribution in [0.25, 0.3) is 22.6 Å². The Bertz CT molecular complexity index is 996. The molecule has 0 spiro atoms. The third-order valence-corrected chi connectivity index (χ3v) is 3.72. The maximum atomic E-state index is 5.80. The Morgan fingerprint density at radius 3 is 2.68 bits per heavy atom. The molecular formula is C16H16ClN7O. The third kappa shape index (κ3) is 2.99. The zero-order valence-corrected chi connectivity index (χ0v) is 14.2. The number of hydrogen-bond donors (Lipinski definition) is 2. The molecule has 0 saturated carbocycles. The standard InChI is InChI=1S/C16H15N7O.ClH/c1-2-23-12-8-13(19-10-6-4-3-5-7-10)18-9-11(12)20-16(23)14-15(17)22-24-21-14;/h3-9H,2H2,1H3,(H2,17,22)(H,18,19);1H. The third-order valence-electron chi connectivity index (χ3n) is 3.72. The molecule has 0 aliphatic heterocycles. The van der Waals surface area contributed by atoms with E-state index in [2.05, 4.69) is 25.6 Å². The van der Waals surface area contributed by atoms with E-state index >= 15 is 0 Å². The molecule has 3 N–H and O–H groups in total. The lowest BCUT2D eigenvalue weighted by molar-refractivity contribution is 0.310. The van der Waals surface area contributed by atoms with E-state index in [4.69, 9.17) is 10.4 Å². The summed E-state index contributed by atoms with van der Waals surface area (Å²) < 4.78 is 6.69. The van der Waals surface area contributed by atoms with E-state index in [0.717, 1.165) is 22.5 Å². The summed E-state index contributed by atoms with van der Waals surface area (Å²) in [4.78, 5) is 8.98. The number of benzene rings is 1. The van der Waals surface area contributed by atoms with Gasteiger partial charge in [-0.2, -0.15) is 0 Å². The molecule has 128 valence electrons. The molecule has 9 heteroatoms. The number of hydrogen-bond acceptors (Lipinski definition) is 7. The van der Waals surface area contributed by atoms with Gasteiger partial charge in [0.05, 0.1) is 11.7 Å². The Hall–Kier alpha value is -3.13. The number of nitrogens with zero attached hydrogens (tertiary/aromatic N) is 5. The van der Waals surface area contributed by atoms with Crippen molar-refractivity contribution in [1.29, 1.82) is 0 Å². The van der Waals surface area contributed by atoms with Crippen molar-refractivity contribution in [3.63, 3.8) is 0 Å². The highest BCUT2D eigenvalue weighted by Gasteiger charge is 2.18. The van der Waals surface area contributed by atoms with Crippen LogP contribution in [-0.2, 0) is 6.54 Å². The van der Waals surface area contributed by atoms with Crippen LogP contribution >= 0.6 is 12.4 Å². The molecule has 4 rings (SSSR count). The Morgan fingerprint density at radius 2 is 2.00 bits per heavy atom. The minimum Gasteiger partial charge on any atom is -0.379 e. The summed E-state index contributed by atoms with van der Waals surface area (Å²) >= 11 is 0. The first kappa shape index (κ1) is 16.7. The first-order valence-electron chi connectivity index (χ1n) is 7.53. The van der Waals surface area contributed by atoms with Gasteiger partial charge in [0.15, 0.2) is 17.3 Å². The van der Waals surface area contributed by atoms with Crippen molar-refractivity contribution in [2.24, 2.45) is 0 Å². The van der Waals surface area contributed by atoms with Crippen molar-refractivity contribution in [1.82, 2.24) is 24.8 Å². The van der Waals surface area contributed by atoms with Crippen molar-refractivity contribution in [2.75, 3.05) is 11.1 Å². The first-order chi connectivity index (χ1) is 11.8. The molecule has 1 aromatic carbocycles. The fraction of sp³-hybridized carbons (Fsp3) is 0.125. The largest absolute Gasteiger partial charge is 0.379 e. The van der Waals surface area contributed by atoms with Gasteiger partial charge in [0.1, 0.15) is 11.3 Å². The van der Waals surface area contributed by atoms with E-state index < -0.39 is 0 Å². The molecule has 25 heavy (non-hydrogen) atoms. The summed E-state index contributed by atoms with van der Waals surface area (Å²) in [7, 11) is 0. The van der Waals surface area contributed by atoms with Gasteiger partial charge < -0.3 is 15.6 Å². The lowest BCUT2D eigenvalue weighted by atomic mass is 10.3. The molecule has 0 radical (unpaired) electrons. The van der Waals surface area contributed by atoms with E-state index in [-0.39, 0.29) is 18.2 Å². The number of rotatable bonds is 4. The molecule has 0 fully saturated rings. The average Bonchev–Trinajstić information content (AvgIpc) is 3.18. The predicted octanol–water partition coefficient (Wildman–Crippen LogP) is 3.25. The minimum atomic E-state index is 0. The molecule has 0 bridgehead atoms.